The molecule has 0 bridgehead atoms. The van der Waals surface area contributed by atoms with Gasteiger partial charge < -0.3 is 15.0 Å². The first-order valence-corrected chi connectivity index (χ1v) is 9.00. The van der Waals surface area contributed by atoms with E-state index in [1.165, 1.54) is 0 Å². The Morgan fingerprint density at radius 3 is 2.73 bits per heavy atom. The van der Waals surface area contributed by atoms with Crippen LogP contribution in [-0.2, 0) is 16.1 Å². The summed E-state index contributed by atoms with van der Waals surface area (Å²) in [4.78, 5) is 26.6. The molecule has 1 fully saturated rings. The SMILES string of the molecule is Cc1ccccc1CN1C(=O)C(C)Oc2ccc(NC(=O)C3CC3)cc21. The van der Waals surface area contributed by atoms with E-state index in [9.17, 15) is 9.59 Å². The van der Waals surface area contributed by atoms with Gasteiger partial charge in [0.05, 0.1) is 12.2 Å². The Labute approximate surface area is 153 Å². The molecule has 5 heteroatoms. The lowest BCUT2D eigenvalue weighted by molar-refractivity contribution is -0.125. The van der Waals surface area contributed by atoms with E-state index in [0.29, 0.717) is 23.7 Å². The van der Waals surface area contributed by atoms with Crippen LogP contribution < -0.4 is 15.0 Å². The molecule has 134 valence electrons. The third kappa shape index (κ3) is 3.17. The highest BCUT2D eigenvalue weighted by Crippen LogP contribution is 2.38. The highest BCUT2D eigenvalue weighted by atomic mass is 16.5. The molecule has 5 nitrogen and oxygen atoms in total. The molecule has 1 heterocycles. The number of carbonyl (C=O) groups is 2. The number of hydrogen-bond acceptors (Lipinski definition) is 3. The molecule has 26 heavy (non-hydrogen) atoms. The third-order valence-corrected chi connectivity index (χ3v) is 4.97. The van der Waals surface area contributed by atoms with Crippen LogP contribution in [0.1, 0.15) is 30.9 Å². The van der Waals surface area contributed by atoms with Gasteiger partial charge in [0.2, 0.25) is 5.91 Å². The molecule has 2 aliphatic rings. The van der Waals surface area contributed by atoms with Crippen LogP contribution in [0.4, 0.5) is 11.4 Å². The molecule has 0 radical (unpaired) electrons. The second kappa shape index (κ2) is 6.48. The van der Waals surface area contributed by atoms with E-state index in [2.05, 4.69) is 5.32 Å². The highest BCUT2D eigenvalue weighted by molar-refractivity contribution is 6.01. The fourth-order valence-electron chi connectivity index (χ4n) is 3.20. The Bertz CT molecular complexity index is 873. The average Bonchev–Trinajstić information content (AvgIpc) is 3.46. The zero-order valence-corrected chi connectivity index (χ0v) is 15.0. The standard InChI is InChI=1S/C21H22N2O3/c1-13-5-3-4-6-16(13)12-23-18-11-17(22-20(24)15-7-8-15)9-10-19(18)26-14(2)21(23)25/h3-6,9-11,14-15H,7-8,12H2,1-2H3,(H,22,24). The Balaban J connectivity index is 1.66. The number of ether oxygens (including phenoxy) is 1. The minimum Gasteiger partial charge on any atom is -0.479 e. The van der Waals surface area contributed by atoms with Gasteiger partial charge in [0.25, 0.3) is 5.91 Å². The monoisotopic (exact) mass is 350 g/mol. The van der Waals surface area contributed by atoms with Crippen molar-refractivity contribution in [3.63, 3.8) is 0 Å². The molecular weight excluding hydrogens is 328 g/mol. The van der Waals surface area contributed by atoms with Crippen LogP contribution in [0.3, 0.4) is 0 Å². The number of hydrogen-bond donors (Lipinski definition) is 1. The topological polar surface area (TPSA) is 58.6 Å². The Morgan fingerprint density at radius 1 is 1.23 bits per heavy atom. The van der Waals surface area contributed by atoms with Crippen LogP contribution >= 0.6 is 0 Å². The normalized spacial score (nSPS) is 18.9. The van der Waals surface area contributed by atoms with Crippen molar-refractivity contribution in [2.75, 3.05) is 10.2 Å². The lowest BCUT2D eigenvalue weighted by Crippen LogP contribution is -2.44. The van der Waals surface area contributed by atoms with E-state index in [1.807, 2.05) is 49.4 Å². The molecule has 1 aliphatic carbocycles. The Morgan fingerprint density at radius 2 is 2.00 bits per heavy atom. The molecule has 4 rings (SSSR count). The quantitative estimate of drug-likeness (QED) is 0.915. The largest absolute Gasteiger partial charge is 0.479 e. The molecule has 0 saturated heterocycles. The van der Waals surface area contributed by atoms with Crippen molar-refractivity contribution in [1.29, 1.82) is 0 Å². The van der Waals surface area contributed by atoms with Gasteiger partial charge in [0.1, 0.15) is 5.75 Å². The van der Waals surface area contributed by atoms with Crippen LogP contribution in [0, 0.1) is 12.8 Å². The number of amides is 2. The van der Waals surface area contributed by atoms with Crippen molar-refractivity contribution < 1.29 is 14.3 Å². The van der Waals surface area contributed by atoms with Gasteiger partial charge in [-0.1, -0.05) is 24.3 Å². The smallest absolute Gasteiger partial charge is 0.268 e. The molecule has 1 unspecified atom stereocenters. The molecule has 2 aromatic carbocycles. The maximum Gasteiger partial charge on any atom is 0.268 e. The molecule has 2 amide bonds. The van der Waals surface area contributed by atoms with Crippen LogP contribution in [0.5, 0.6) is 5.75 Å². The first kappa shape index (κ1) is 16.6. The molecule has 0 aromatic heterocycles. The fourth-order valence-corrected chi connectivity index (χ4v) is 3.20. The lowest BCUT2D eigenvalue weighted by Gasteiger charge is -2.33. The summed E-state index contributed by atoms with van der Waals surface area (Å²) >= 11 is 0. The van der Waals surface area contributed by atoms with E-state index in [-0.39, 0.29) is 17.7 Å². The second-order valence-corrected chi connectivity index (χ2v) is 7.06. The van der Waals surface area contributed by atoms with Gasteiger partial charge in [0, 0.05) is 11.6 Å². The van der Waals surface area contributed by atoms with Crippen LogP contribution in [-0.4, -0.2) is 17.9 Å². The van der Waals surface area contributed by atoms with Crippen molar-refractivity contribution >= 4 is 23.2 Å². The molecule has 2 aromatic rings. The maximum atomic E-state index is 12.8. The first-order chi connectivity index (χ1) is 12.5. The van der Waals surface area contributed by atoms with E-state index in [0.717, 1.165) is 24.0 Å². The number of fused-ring (bicyclic) bond motifs is 1. The summed E-state index contributed by atoms with van der Waals surface area (Å²) in [6.07, 6.45) is 1.38. The summed E-state index contributed by atoms with van der Waals surface area (Å²) in [6, 6.07) is 13.5. The number of rotatable bonds is 4. The summed E-state index contributed by atoms with van der Waals surface area (Å²) in [6.45, 7) is 4.28. The lowest BCUT2D eigenvalue weighted by atomic mass is 10.1. The van der Waals surface area contributed by atoms with Gasteiger partial charge >= 0.3 is 0 Å². The number of anilines is 2. The molecule has 1 saturated carbocycles. The molecule has 1 aliphatic heterocycles. The number of aryl methyl sites for hydroxylation is 1. The maximum absolute atomic E-state index is 12.8. The fraction of sp³-hybridized carbons (Fsp3) is 0.333. The van der Waals surface area contributed by atoms with Gasteiger partial charge in [-0.3, -0.25) is 9.59 Å². The van der Waals surface area contributed by atoms with Gasteiger partial charge in [-0.25, -0.2) is 0 Å². The first-order valence-electron chi connectivity index (χ1n) is 9.00. The summed E-state index contributed by atoms with van der Waals surface area (Å²) in [5.74, 6) is 0.764. The molecule has 0 spiro atoms. The number of benzene rings is 2. The summed E-state index contributed by atoms with van der Waals surface area (Å²) in [5, 5.41) is 2.94. The van der Waals surface area contributed by atoms with Gasteiger partial charge in [0.15, 0.2) is 6.10 Å². The van der Waals surface area contributed by atoms with Crippen LogP contribution in [0.2, 0.25) is 0 Å². The Kier molecular flexibility index (Phi) is 4.15. The minimum atomic E-state index is -0.529. The number of carbonyl (C=O) groups excluding carboxylic acids is 2. The van der Waals surface area contributed by atoms with Crippen molar-refractivity contribution in [2.45, 2.75) is 39.3 Å². The van der Waals surface area contributed by atoms with Gasteiger partial charge in [-0.2, -0.15) is 0 Å². The average molecular weight is 350 g/mol. The van der Waals surface area contributed by atoms with E-state index in [1.54, 1.807) is 11.8 Å². The molecular formula is C21H22N2O3. The zero-order valence-electron chi connectivity index (χ0n) is 15.0. The highest BCUT2D eigenvalue weighted by Gasteiger charge is 2.33. The van der Waals surface area contributed by atoms with E-state index >= 15 is 0 Å². The Hall–Kier alpha value is -2.82. The summed E-state index contributed by atoms with van der Waals surface area (Å²) in [5.41, 5.74) is 3.62. The van der Waals surface area contributed by atoms with Crippen LogP contribution in [0.15, 0.2) is 42.5 Å². The predicted octanol–water partition coefficient (Wildman–Crippen LogP) is 3.66. The van der Waals surface area contributed by atoms with E-state index < -0.39 is 6.10 Å². The van der Waals surface area contributed by atoms with Crippen molar-refractivity contribution in [3.05, 3.63) is 53.6 Å². The van der Waals surface area contributed by atoms with Crippen molar-refractivity contribution in [3.8, 4) is 5.75 Å². The molecule has 1 atom stereocenters. The number of nitrogens with one attached hydrogen (secondary N) is 1. The summed E-state index contributed by atoms with van der Waals surface area (Å²) < 4.78 is 5.76. The van der Waals surface area contributed by atoms with Gasteiger partial charge in [-0.15, -0.1) is 0 Å². The third-order valence-electron chi connectivity index (χ3n) is 4.97. The predicted molar refractivity (Wildman–Crippen MR) is 100 cm³/mol. The minimum absolute atomic E-state index is 0.0480. The van der Waals surface area contributed by atoms with E-state index in [4.69, 9.17) is 4.74 Å². The van der Waals surface area contributed by atoms with Crippen molar-refractivity contribution in [2.24, 2.45) is 5.92 Å². The van der Waals surface area contributed by atoms with Crippen molar-refractivity contribution in [1.82, 2.24) is 0 Å². The summed E-state index contributed by atoms with van der Waals surface area (Å²) in [7, 11) is 0. The second-order valence-electron chi connectivity index (χ2n) is 7.06. The molecule has 1 N–H and O–H groups in total. The number of nitrogens with zero attached hydrogens (tertiary/aromatic N) is 1. The van der Waals surface area contributed by atoms with Gasteiger partial charge in [-0.05, 0) is 56.0 Å². The van der Waals surface area contributed by atoms with Crippen LogP contribution in [0.25, 0.3) is 0 Å². The zero-order chi connectivity index (χ0) is 18.3.